The Hall–Kier alpha value is -2.64. The highest BCUT2D eigenvalue weighted by Gasteiger charge is 2.51. The standard InChI is InChI=1S/C26H30BClN4O6S/c1-25(2)26(3,4)38-27(37-25)16-6-7-18(20(28)11-16)19-10-15-12-29-23(39-5)30-21(15)32(22(19)33)14-17-13-31(24(34)35)8-9-36-17/h6-7,10-12,17H,8-9,13-14H2,1-5H3,(H,34,35). The summed E-state index contributed by atoms with van der Waals surface area (Å²) in [4.78, 5) is 35.7. The first kappa shape index (κ1) is 27.9. The number of carbonyl (C=O) groups is 1. The number of carboxylic acid groups (broad SMARTS) is 1. The molecule has 1 unspecified atom stereocenters. The summed E-state index contributed by atoms with van der Waals surface area (Å²) in [6, 6.07) is 7.13. The molecule has 5 rings (SSSR count). The van der Waals surface area contributed by atoms with Gasteiger partial charge < -0.3 is 24.1 Å². The molecular formula is C26H30BClN4O6S. The van der Waals surface area contributed by atoms with Crippen LogP contribution in [0, 0.1) is 0 Å². The molecule has 0 aliphatic carbocycles. The molecule has 1 aromatic carbocycles. The summed E-state index contributed by atoms with van der Waals surface area (Å²) in [5, 5.41) is 11.0. The summed E-state index contributed by atoms with van der Waals surface area (Å²) in [6.07, 6.45) is 2.00. The molecule has 13 heteroatoms. The Morgan fingerprint density at radius 1 is 1.21 bits per heavy atom. The van der Waals surface area contributed by atoms with Crippen LogP contribution in [0.5, 0.6) is 0 Å². The minimum atomic E-state index is -1.02. The summed E-state index contributed by atoms with van der Waals surface area (Å²) in [5.41, 5.74) is 0.811. The third-order valence-electron chi connectivity index (χ3n) is 7.59. The van der Waals surface area contributed by atoms with Crippen LogP contribution < -0.4 is 11.0 Å². The molecule has 10 nitrogen and oxygen atoms in total. The Labute approximate surface area is 235 Å². The van der Waals surface area contributed by atoms with Crippen molar-refractivity contribution in [1.82, 2.24) is 19.4 Å². The second-order valence-electron chi connectivity index (χ2n) is 10.7. The molecule has 39 heavy (non-hydrogen) atoms. The first-order valence-electron chi connectivity index (χ1n) is 12.6. The van der Waals surface area contributed by atoms with Gasteiger partial charge in [0.1, 0.15) is 5.65 Å². The van der Waals surface area contributed by atoms with Gasteiger partial charge in [-0.3, -0.25) is 9.36 Å². The van der Waals surface area contributed by atoms with E-state index in [0.717, 1.165) is 5.46 Å². The molecule has 2 saturated heterocycles. The summed E-state index contributed by atoms with van der Waals surface area (Å²) >= 11 is 8.13. The van der Waals surface area contributed by atoms with Crippen LogP contribution in [0.25, 0.3) is 22.2 Å². The minimum Gasteiger partial charge on any atom is -0.465 e. The Morgan fingerprint density at radius 2 is 1.92 bits per heavy atom. The zero-order valence-corrected chi connectivity index (χ0v) is 24.0. The summed E-state index contributed by atoms with van der Waals surface area (Å²) in [5.74, 6) is 0. The topological polar surface area (TPSA) is 116 Å². The van der Waals surface area contributed by atoms with E-state index in [2.05, 4.69) is 9.97 Å². The third kappa shape index (κ3) is 5.28. The van der Waals surface area contributed by atoms with Crippen LogP contribution in [0.3, 0.4) is 0 Å². The van der Waals surface area contributed by atoms with Crippen LogP contribution >= 0.6 is 23.4 Å². The lowest BCUT2D eigenvalue weighted by atomic mass is 9.78. The molecule has 3 aromatic rings. The maximum atomic E-state index is 13.9. The molecule has 0 saturated carbocycles. The van der Waals surface area contributed by atoms with Crippen LogP contribution in [0.4, 0.5) is 4.79 Å². The number of benzene rings is 1. The lowest BCUT2D eigenvalue weighted by Crippen LogP contribution is -2.47. The monoisotopic (exact) mass is 572 g/mol. The quantitative estimate of drug-likeness (QED) is 0.278. The molecule has 4 heterocycles. The molecule has 2 aliphatic rings. The number of ether oxygens (including phenoxy) is 1. The Morgan fingerprint density at radius 3 is 2.56 bits per heavy atom. The van der Waals surface area contributed by atoms with Gasteiger partial charge in [0.15, 0.2) is 5.16 Å². The highest BCUT2D eigenvalue weighted by molar-refractivity contribution is 7.98. The van der Waals surface area contributed by atoms with Gasteiger partial charge in [-0.25, -0.2) is 14.8 Å². The van der Waals surface area contributed by atoms with Gasteiger partial charge in [-0.05, 0) is 51.5 Å². The number of halogens is 1. The summed E-state index contributed by atoms with van der Waals surface area (Å²) in [6.45, 7) is 8.74. The average Bonchev–Trinajstić information content (AvgIpc) is 3.12. The molecule has 1 atom stereocenters. The number of amides is 1. The van der Waals surface area contributed by atoms with Gasteiger partial charge in [0, 0.05) is 34.3 Å². The highest BCUT2D eigenvalue weighted by atomic mass is 35.5. The number of hydrogen-bond donors (Lipinski definition) is 1. The molecule has 206 valence electrons. The van der Waals surface area contributed by atoms with Crippen molar-refractivity contribution in [2.24, 2.45) is 0 Å². The second kappa shape index (κ2) is 10.4. The zero-order valence-electron chi connectivity index (χ0n) is 22.4. The lowest BCUT2D eigenvalue weighted by molar-refractivity contribution is -0.0291. The van der Waals surface area contributed by atoms with Gasteiger partial charge in [-0.2, -0.15) is 0 Å². The lowest BCUT2D eigenvalue weighted by Gasteiger charge is -2.32. The fourth-order valence-corrected chi connectivity index (χ4v) is 5.31. The van der Waals surface area contributed by atoms with Gasteiger partial charge in [-0.15, -0.1) is 0 Å². The first-order valence-corrected chi connectivity index (χ1v) is 14.2. The number of morpholine rings is 1. The van der Waals surface area contributed by atoms with Crippen molar-refractivity contribution in [3.05, 3.63) is 45.8 Å². The molecule has 0 radical (unpaired) electrons. The largest absolute Gasteiger partial charge is 0.494 e. The summed E-state index contributed by atoms with van der Waals surface area (Å²) in [7, 11) is -0.589. The van der Waals surface area contributed by atoms with E-state index in [4.69, 9.17) is 25.6 Å². The highest BCUT2D eigenvalue weighted by Crippen LogP contribution is 2.37. The maximum absolute atomic E-state index is 13.9. The van der Waals surface area contributed by atoms with Crippen LogP contribution in [0.2, 0.25) is 5.02 Å². The number of aromatic nitrogens is 3. The van der Waals surface area contributed by atoms with Crippen LogP contribution in [-0.2, 0) is 20.6 Å². The summed E-state index contributed by atoms with van der Waals surface area (Å²) < 4.78 is 19.7. The smallest absolute Gasteiger partial charge is 0.465 e. The number of rotatable bonds is 5. The van der Waals surface area contributed by atoms with Crippen molar-refractivity contribution < 1.29 is 23.9 Å². The predicted molar refractivity (Wildman–Crippen MR) is 151 cm³/mol. The van der Waals surface area contributed by atoms with Gasteiger partial charge >= 0.3 is 13.2 Å². The fourth-order valence-electron chi connectivity index (χ4n) is 4.69. The minimum absolute atomic E-state index is 0.126. The van der Waals surface area contributed by atoms with Crippen molar-refractivity contribution in [3.63, 3.8) is 0 Å². The molecule has 2 fully saturated rings. The van der Waals surface area contributed by atoms with E-state index in [9.17, 15) is 14.7 Å². The van der Waals surface area contributed by atoms with Crippen molar-refractivity contribution in [2.75, 3.05) is 26.0 Å². The second-order valence-corrected chi connectivity index (χ2v) is 11.8. The third-order valence-corrected chi connectivity index (χ3v) is 8.47. The van der Waals surface area contributed by atoms with E-state index < -0.39 is 30.5 Å². The zero-order chi connectivity index (χ0) is 28.1. The molecule has 0 bridgehead atoms. The van der Waals surface area contributed by atoms with Gasteiger partial charge in [0.2, 0.25) is 0 Å². The molecular weight excluding hydrogens is 543 g/mol. The molecule has 2 aliphatic heterocycles. The van der Waals surface area contributed by atoms with E-state index in [1.807, 2.05) is 40.0 Å². The van der Waals surface area contributed by atoms with E-state index >= 15 is 0 Å². The van der Waals surface area contributed by atoms with E-state index in [0.29, 0.717) is 32.3 Å². The first-order chi connectivity index (χ1) is 18.4. The maximum Gasteiger partial charge on any atom is 0.494 e. The molecule has 0 spiro atoms. The predicted octanol–water partition coefficient (Wildman–Crippen LogP) is 3.51. The number of fused-ring (bicyclic) bond motifs is 1. The van der Waals surface area contributed by atoms with Gasteiger partial charge in [0.05, 0.1) is 37.0 Å². The Kier molecular flexibility index (Phi) is 7.44. The van der Waals surface area contributed by atoms with Crippen LogP contribution in [0.1, 0.15) is 27.7 Å². The average molecular weight is 573 g/mol. The van der Waals surface area contributed by atoms with Crippen molar-refractivity contribution in [2.45, 2.75) is 56.7 Å². The van der Waals surface area contributed by atoms with Gasteiger partial charge in [-0.1, -0.05) is 35.5 Å². The number of pyridine rings is 1. The van der Waals surface area contributed by atoms with Crippen molar-refractivity contribution in [1.29, 1.82) is 0 Å². The number of thioether (sulfide) groups is 1. The van der Waals surface area contributed by atoms with Crippen LogP contribution in [-0.4, -0.2) is 81.0 Å². The van der Waals surface area contributed by atoms with E-state index in [1.165, 1.54) is 21.2 Å². The van der Waals surface area contributed by atoms with E-state index in [-0.39, 0.29) is 31.8 Å². The molecule has 1 N–H and O–H groups in total. The Balaban J connectivity index is 1.56. The fraction of sp³-hybridized carbons (Fsp3) is 0.462. The van der Waals surface area contributed by atoms with E-state index in [1.54, 1.807) is 24.4 Å². The van der Waals surface area contributed by atoms with Crippen molar-refractivity contribution >= 4 is 53.1 Å². The number of hydrogen-bond acceptors (Lipinski definition) is 8. The molecule has 1 amide bonds. The SMILES string of the molecule is CSc1ncc2cc(-c3ccc(B4OC(C)(C)C(C)(C)O4)cc3Cl)c(=O)n(CC3CN(C(=O)O)CCO3)c2n1. The Bertz CT molecular complexity index is 1480. The van der Waals surface area contributed by atoms with Crippen molar-refractivity contribution in [3.8, 4) is 11.1 Å². The van der Waals surface area contributed by atoms with Crippen LogP contribution in [0.15, 0.2) is 40.4 Å². The number of nitrogens with zero attached hydrogens (tertiary/aromatic N) is 4. The normalized spacial score (nSPS) is 20.5. The molecule has 2 aromatic heterocycles. The van der Waals surface area contributed by atoms with Gasteiger partial charge in [0.25, 0.3) is 5.56 Å².